The van der Waals surface area contributed by atoms with Crippen molar-refractivity contribution in [3.63, 3.8) is 0 Å². The molecule has 1 fully saturated rings. The zero-order valence-corrected chi connectivity index (χ0v) is 27.3. The van der Waals surface area contributed by atoms with Crippen LogP contribution in [0.15, 0.2) is 67.2 Å². The lowest BCUT2D eigenvalue weighted by Crippen LogP contribution is -2.46. The SMILES string of the molecule is C#CCCC(NC(=C)[C@@H](CC(=C)N(C)CCC)Cc1ccccc1)C(=C)N[C@@H](CC1CCCCC1)C(O)CCC(C)C. The van der Waals surface area contributed by atoms with Crippen molar-refractivity contribution in [2.24, 2.45) is 17.8 Å². The third-order valence-electron chi connectivity index (χ3n) is 8.94. The van der Waals surface area contributed by atoms with Crippen molar-refractivity contribution in [1.82, 2.24) is 15.5 Å². The normalized spacial score (nSPS) is 16.6. The number of hydrogen-bond acceptors (Lipinski definition) is 4. The molecular weight excluding hydrogens is 514 g/mol. The number of aliphatic hydroxyl groups is 1. The van der Waals surface area contributed by atoms with Gasteiger partial charge in [0.15, 0.2) is 0 Å². The minimum atomic E-state index is -0.397. The van der Waals surface area contributed by atoms with E-state index in [9.17, 15) is 5.11 Å². The number of nitrogens with one attached hydrogen (secondary N) is 2. The molecular formula is C38H61N3O. The number of allylic oxidation sites excluding steroid dienone is 2. The van der Waals surface area contributed by atoms with Crippen LogP contribution in [0.5, 0.6) is 0 Å². The second-order valence-electron chi connectivity index (χ2n) is 13.1. The van der Waals surface area contributed by atoms with Gasteiger partial charge < -0.3 is 20.6 Å². The van der Waals surface area contributed by atoms with E-state index in [1.807, 2.05) is 0 Å². The topological polar surface area (TPSA) is 47.5 Å². The second-order valence-corrected chi connectivity index (χ2v) is 13.1. The molecule has 1 aliphatic rings. The molecule has 4 nitrogen and oxygen atoms in total. The lowest BCUT2D eigenvalue weighted by Gasteiger charge is -2.35. The zero-order chi connectivity index (χ0) is 30.9. The number of benzene rings is 1. The molecule has 4 atom stereocenters. The summed E-state index contributed by atoms with van der Waals surface area (Å²) < 4.78 is 0. The predicted octanol–water partition coefficient (Wildman–Crippen LogP) is 8.22. The van der Waals surface area contributed by atoms with E-state index in [-0.39, 0.29) is 18.0 Å². The van der Waals surface area contributed by atoms with Gasteiger partial charge in [-0.25, -0.2) is 0 Å². The Kier molecular flexibility index (Phi) is 16.5. The van der Waals surface area contributed by atoms with Crippen molar-refractivity contribution in [2.75, 3.05) is 13.6 Å². The fraction of sp³-hybridized carbons (Fsp3) is 0.632. The molecule has 2 rings (SSSR count). The van der Waals surface area contributed by atoms with Gasteiger partial charge in [0.05, 0.1) is 18.2 Å². The second kappa shape index (κ2) is 19.5. The molecule has 0 bridgehead atoms. The highest BCUT2D eigenvalue weighted by Crippen LogP contribution is 2.30. The Balaban J connectivity index is 2.21. The van der Waals surface area contributed by atoms with Crippen molar-refractivity contribution < 1.29 is 5.11 Å². The maximum absolute atomic E-state index is 11.3. The molecule has 42 heavy (non-hydrogen) atoms. The van der Waals surface area contributed by atoms with E-state index < -0.39 is 6.10 Å². The van der Waals surface area contributed by atoms with E-state index in [0.29, 0.717) is 18.3 Å². The van der Waals surface area contributed by atoms with Crippen molar-refractivity contribution >= 4 is 0 Å². The number of aliphatic hydroxyl groups excluding tert-OH is 1. The summed E-state index contributed by atoms with van der Waals surface area (Å²) >= 11 is 0. The Hall–Kier alpha value is -2.64. The van der Waals surface area contributed by atoms with E-state index in [0.717, 1.165) is 68.6 Å². The monoisotopic (exact) mass is 575 g/mol. The first-order valence-corrected chi connectivity index (χ1v) is 16.6. The Bertz CT molecular complexity index is 972. The highest BCUT2D eigenvalue weighted by molar-refractivity contribution is 5.20. The van der Waals surface area contributed by atoms with Crippen LogP contribution in [0, 0.1) is 30.1 Å². The van der Waals surface area contributed by atoms with E-state index >= 15 is 0 Å². The van der Waals surface area contributed by atoms with Crippen LogP contribution in [0.3, 0.4) is 0 Å². The minimum Gasteiger partial charge on any atom is -0.391 e. The standard InChI is InChI=1S/C38H61N3O/c1-9-11-22-36(32(7)40-37(38(42)24-23-29(3)4)28-34-20-16-13-17-21-34)39-31(6)35(26-30(5)41(8)25-10-2)27-33-18-14-12-15-19-33/h1,12,14-15,18-19,29,34-40,42H,5-7,10-11,13,16-17,20-28H2,2-4,8H3/t35-,36?,37-,38?/m0/s1. The summed E-state index contributed by atoms with van der Waals surface area (Å²) in [5.74, 6) is 4.23. The lowest BCUT2D eigenvalue weighted by atomic mass is 9.82. The van der Waals surface area contributed by atoms with Crippen LogP contribution in [-0.2, 0) is 6.42 Å². The molecule has 2 unspecified atom stereocenters. The van der Waals surface area contributed by atoms with Crippen molar-refractivity contribution in [1.29, 1.82) is 0 Å². The molecule has 4 heteroatoms. The molecule has 1 saturated carbocycles. The third kappa shape index (κ3) is 13.1. The zero-order valence-electron chi connectivity index (χ0n) is 27.3. The van der Waals surface area contributed by atoms with E-state index in [1.54, 1.807) is 0 Å². The van der Waals surface area contributed by atoms with Crippen molar-refractivity contribution in [2.45, 2.75) is 122 Å². The number of rotatable bonds is 21. The number of terminal acetylenes is 1. The van der Waals surface area contributed by atoms with Crippen LogP contribution in [0.4, 0.5) is 0 Å². The van der Waals surface area contributed by atoms with Gasteiger partial charge in [-0.1, -0.05) is 103 Å². The average Bonchev–Trinajstić information content (AvgIpc) is 2.98. The summed E-state index contributed by atoms with van der Waals surface area (Å²) in [6.07, 6.45) is 18.8. The lowest BCUT2D eigenvalue weighted by molar-refractivity contribution is 0.0985. The van der Waals surface area contributed by atoms with Gasteiger partial charge in [-0.2, -0.15) is 0 Å². The Morgan fingerprint density at radius 1 is 1.02 bits per heavy atom. The van der Waals surface area contributed by atoms with Gasteiger partial charge in [-0.3, -0.25) is 0 Å². The summed E-state index contributed by atoms with van der Waals surface area (Å²) in [5.41, 5.74) is 4.29. The van der Waals surface area contributed by atoms with Gasteiger partial charge in [0.25, 0.3) is 0 Å². The van der Waals surface area contributed by atoms with Crippen molar-refractivity contribution in [3.8, 4) is 12.3 Å². The van der Waals surface area contributed by atoms with E-state index in [2.05, 4.69) is 99.3 Å². The summed E-state index contributed by atoms with van der Waals surface area (Å²) in [6.45, 7) is 21.1. The quantitative estimate of drug-likeness (QED) is 0.129. The summed E-state index contributed by atoms with van der Waals surface area (Å²) in [5, 5.41) is 18.8. The smallest absolute Gasteiger partial charge is 0.0741 e. The minimum absolute atomic E-state index is 0.00895. The first kappa shape index (κ1) is 35.6. The van der Waals surface area contributed by atoms with E-state index in [1.165, 1.54) is 37.7 Å². The van der Waals surface area contributed by atoms with Gasteiger partial charge in [-0.05, 0) is 62.3 Å². The summed E-state index contributed by atoms with van der Waals surface area (Å²) in [4.78, 5) is 2.26. The first-order chi connectivity index (χ1) is 20.1. The number of hydrogen-bond donors (Lipinski definition) is 3. The maximum atomic E-state index is 11.3. The first-order valence-electron chi connectivity index (χ1n) is 16.6. The van der Waals surface area contributed by atoms with Crippen LogP contribution in [0.1, 0.15) is 103 Å². The largest absolute Gasteiger partial charge is 0.391 e. The highest BCUT2D eigenvalue weighted by Gasteiger charge is 2.27. The molecule has 1 aromatic carbocycles. The van der Waals surface area contributed by atoms with Gasteiger partial charge in [0.1, 0.15) is 0 Å². The molecule has 0 aromatic heterocycles. The summed E-state index contributed by atoms with van der Waals surface area (Å²) in [7, 11) is 2.13. The molecule has 0 heterocycles. The van der Waals surface area contributed by atoms with Crippen LogP contribution < -0.4 is 10.6 Å². The molecule has 3 N–H and O–H groups in total. The van der Waals surface area contributed by atoms with Gasteiger partial charge >= 0.3 is 0 Å². The van der Waals surface area contributed by atoms with Crippen LogP contribution >= 0.6 is 0 Å². The van der Waals surface area contributed by atoms with Gasteiger partial charge in [0.2, 0.25) is 0 Å². The van der Waals surface area contributed by atoms with Crippen LogP contribution in [-0.4, -0.2) is 41.8 Å². The Labute approximate surface area is 259 Å². The maximum Gasteiger partial charge on any atom is 0.0741 e. The molecule has 234 valence electrons. The van der Waals surface area contributed by atoms with Crippen molar-refractivity contribution in [3.05, 3.63) is 72.7 Å². The molecule has 0 aliphatic heterocycles. The van der Waals surface area contributed by atoms with Crippen LogP contribution in [0.2, 0.25) is 0 Å². The Morgan fingerprint density at radius 3 is 2.33 bits per heavy atom. The fourth-order valence-corrected chi connectivity index (χ4v) is 6.19. The molecule has 0 saturated heterocycles. The molecule has 0 amide bonds. The third-order valence-corrected chi connectivity index (χ3v) is 8.94. The Morgan fingerprint density at radius 2 is 1.71 bits per heavy atom. The molecule has 0 radical (unpaired) electrons. The average molecular weight is 576 g/mol. The van der Waals surface area contributed by atoms with Gasteiger partial charge in [0, 0.05) is 43.0 Å². The highest BCUT2D eigenvalue weighted by atomic mass is 16.3. The summed E-state index contributed by atoms with van der Waals surface area (Å²) in [6, 6.07) is 10.5. The predicted molar refractivity (Wildman–Crippen MR) is 182 cm³/mol. The van der Waals surface area contributed by atoms with Gasteiger partial charge in [-0.15, -0.1) is 12.3 Å². The molecule has 1 aromatic rings. The van der Waals surface area contributed by atoms with E-state index in [4.69, 9.17) is 6.42 Å². The molecule has 1 aliphatic carbocycles. The van der Waals surface area contributed by atoms with Crippen LogP contribution in [0.25, 0.3) is 0 Å². The fourth-order valence-electron chi connectivity index (χ4n) is 6.19. The molecule has 0 spiro atoms. The number of nitrogens with zero attached hydrogens (tertiary/aromatic N) is 1.